The van der Waals surface area contributed by atoms with Crippen LogP contribution in [0.15, 0.2) is 36.4 Å². The molecule has 9 N–H and O–H groups in total. The van der Waals surface area contributed by atoms with E-state index in [9.17, 15) is 44.9 Å². The largest absolute Gasteiger partial charge is 0.508 e. The number of halogens is 1. The quantitative estimate of drug-likeness (QED) is 0.0442. The van der Waals surface area contributed by atoms with Gasteiger partial charge in [-0.25, -0.2) is 9.18 Å². The number of carbonyl (C=O) groups is 1. The van der Waals surface area contributed by atoms with Gasteiger partial charge in [0.25, 0.3) is 0 Å². The van der Waals surface area contributed by atoms with Gasteiger partial charge in [0.2, 0.25) is 0 Å². The first-order chi connectivity index (χ1) is 25.0. The third kappa shape index (κ3) is 10.8. The normalized spacial score (nSPS) is 16.7. The molecule has 4 rings (SSSR count). The highest BCUT2D eigenvalue weighted by molar-refractivity contribution is 5.90. The van der Waals surface area contributed by atoms with Crippen molar-refractivity contribution in [3.8, 4) is 46.0 Å². The molecule has 0 radical (unpaired) electrons. The molecule has 1 heterocycles. The highest BCUT2D eigenvalue weighted by Crippen LogP contribution is 2.51. The number of phenols is 7. The minimum absolute atomic E-state index is 0.0130. The second-order valence-electron chi connectivity index (χ2n) is 11.2. The second kappa shape index (κ2) is 19.7. The number of rotatable bonds is 21. The average Bonchev–Trinajstić information content (AvgIpc) is 3.10. The summed E-state index contributed by atoms with van der Waals surface area (Å²) in [4.78, 5) is 13.3. The lowest BCUT2D eigenvalue weighted by molar-refractivity contribution is -0.118. The summed E-state index contributed by atoms with van der Waals surface area (Å²) in [5, 5.41) is 70.9. The summed E-state index contributed by atoms with van der Waals surface area (Å²) in [6.07, 6.45) is -4.41. The molecule has 0 fully saturated rings. The Bertz CT molecular complexity index is 1580. The number of hydrogen-bond acceptors (Lipinski definition) is 17. The van der Waals surface area contributed by atoms with E-state index in [0.29, 0.717) is 58.9 Å². The highest BCUT2D eigenvalue weighted by atomic mass is 19.1. The third-order valence-corrected chi connectivity index (χ3v) is 7.46. The summed E-state index contributed by atoms with van der Waals surface area (Å²) >= 11 is 0. The number of benzene rings is 3. The predicted octanol–water partition coefficient (Wildman–Crippen LogP) is 2.22. The van der Waals surface area contributed by atoms with Crippen molar-refractivity contribution in [3.05, 3.63) is 58.9 Å². The zero-order chi connectivity index (χ0) is 37.6. The number of esters is 1. The molecule has 3 unspecified atom stereocenters. The number of aromatic hydroxyl groups is 7. The highest BCUT2D eigenvalue weighted by Gasteiger charge is 2.45. The van der Waals surface area contributed by atoms with E-state index in [4.69, 9.17) is 43.6 Å². The Morgan fingerprint density at radius 2 is 1.17 bits per heavy atom. The van der Waals surface area contributed by atoms with E-state index < -0.39 is 75.9 Å². The Morgan fingerprint density at radius 1 is 0.654 bits per heavy atom. The van der Waals surface area contributed by atoms with Gasteiger partial charge < -0.3 is 79.4 Å². The number of carbonyl (C=O) groups excluding carboxylic acids is 1. The summed E-state index contributed by atoms with van der Waals surface area (Å²) in [5.41, 5.74) is 4.70. The molecule has 286 valence electrons. The predicted molar refractivity (Wildman–Crippen MR) is 175 cm³/mol. The van der Waals surface area contributed by atoms with Crippen LogP contribution in [0.4, 0.5) is 4.39 Å². The molecular formula is C34H42FNO16. The van der Waals surface area contributed by atoms with Crippen molar-refractivity contribution < 1.29 is 82.8 Å². The number of nitrogens with two attached hydrogens (primary N) is 1. The van der Waals surface area contributed by atoms with Crippen LogP contribution in [-0.4, -0.2) is 127 Å². The molecule has 18 heteroatoms. The number of ether oxygens (including phenoxy) is 8. The van der Waals surface area contributed by atoms with E-state index in [1.54, 1.807) is 0 Å². The topological polar surface area (TPSA) is 259 Å². The van der Waals surface area contributed by atoms with Gasteiger partial charge in [0, 0.05) is 24.2 Å². The van der Waals surface area contributed by atoms with Crippen molar-refractivity contribution in [1.29, 1.82) is 0 Å². The standard InChI is InChI=1S/C34H42FNO16/c35-22-13-20(16-24(39)29(22)42)34(44)52-33-31(19-14-25(40)30(43)26(41)15-19)51-27-18-21(37)17-23(38)28(27)32(33)50-12-11-49-10-9-48-8-7-47-6-5-46-4-3-45-2-1-36/h13-18,31-33,37-43H,1-12,36H2. The number of phenolic OH excluding ortho intramolecular Hbond substituents is 7. The fraction of sp³-hybridized carbons (Fsp3) is 0.441. The Balaban J connectivity index is 1.40. The molecule has 1 aliphatic heterocycles. The summed E-state index contributed by atoms with van der Waals surface area (Å²) in [5.74, 6) is -7.97. The number of hydrogen-bond donors (Lipinski definition) is 8. The first-order valence-electron chi connectivity index (χ1n) is 16.1. The molecule has 3 atom stereocenters. The number of fused-ring (bicyclic) bond motifs is 1. The van der Waals surface area contributed by atoms with Gasteiger partial charge in [-0.15, -0.1) is 0 Å². The lowest BCUT2D eigenvalue weighted by atomic mass is 9.90. The average molecular weight is 740 g/mol. The monoisotopic (exact) mass is 739 g/mol. The van der Waals surface area contributed by atoms with E-state index >= 15 is 0 Å². The molecule has 0 spiro atoms. The van der Waals surface area contributed by atoms with Gasteiger partial charge in [-0.2, -0.15) is 0 Å². The van der Waals surface area contributed by atoms with Crippen LogP contribution in [-0.2, 0) is 33.2 Å². The van der Waals surface area contributed by atoms with Crippen LogP contribution in [0.2, 0.25) is 0 Å². The van der Waals surface area contributed by atoms with Gasteiger partial charge in [0.15, 0.2) is 46.8 Å². The van der Waals surface area contributed by atoms with Crippen LogP contribution >= 0.6 is 0 Å². The van der Waals surface area contributed by atoms with Crippen molar-refractivity contribution in [2.45, 2.75) is 18.3 Å². The summed E-state index contributed by atoms with van der Waals surface area (Å²) in [6, 6.07) is 5.55. The Labute approximate surface area is 297 Å². The van der Waals surface area contributed by atoms with E-state index in [2.05, 4.69) is 0 Å². The van der Waals surface area contributed by atoms with Crippen LogP contribution in [0.1, 0.15) is 33.7 Å². The zero-order valence-corrected chi connectivity index (χ0v) is 27.9. The molecule has 1 aliphatic rings. The van der Waals surface area contributed by atoms with Gasteiger partial charge in [-0.05, 0) is 24.3 Å². The van der Waals surface area contributed by atoms with Crippen LogP contribution < -0.4 is 10.5 Å². The maximum Gasteiger partial charge on any atom is 0.338 e. The second-order valence-corrected chi connectivity index (χ2v) is 11.2. The van der Waals surface area contributed by atoms with E-state index in [1.807, 2.05) is 0 Å². The van der Waals surface area contributed by atoms with Crippen molar-refractivity contribution in [2.75, 3.05) is 79.2 Å². The smallest absolute Gasteiger partial charge is 0.338 e. The van der Waals surface area contributed by atoms with Gasteiger partial charge >= 0.3 is 5.97 Å². The summed E-state index contributed by atoms with van der Waals surface area (Å²) < 4.78 is 59.0. The van der Waals surface area contributed by atoms with E-state index in [-0.39, 0.29) is 43.3 Å². The molecule has 3 aromatic carbocycles. The Hall–Kier alpha value is -4.82. The minimum atomic E-state index is -1.57. The molecule has 0 saturated carbocycles. The molecule has 52 heavy (non-hydrogen) atoms. The molecule has 0 bridgehead atoms. The lowest BCUT2D eigenvalue weighted by Crippen LogP contribution is -2.40. The molecule has 17 nitrogen and oxygen atoms in total. The fourth-order valence-corrected chi connectivity index (χ4v) is 5.05. The van der Waals surface area contributed by atoms with Crippen molar-refractivity contribution in [3.63, 3.8) is 0 Å². The van der Waals surface area contributed by atoms with E-state index in [0.717, 1.165) is 30.3 Å². The van der Waals surface area contributed by atoms with Gasteiger partial charge in [-0.3, -0.25) is 0 Å². The molecule has 3 aromatic rings. The molecule has 0 aromatic heterocycles. The van der Waals surface area contributed by atoms with Gasteiger partial charge in [0.1, 0.15) is 23.4 Å². The van der Waals surface area contributed by atoms with Crippen molar-refractivity contribution >= 4 is 5.97 Å². The molecule has 0 amide bonds. The maximum absolute atomic E-state index is 14.2. The van der Waals surface area contributed by atoms with Gasteiger partial charge in [0.05, 0.1) is 83.8 Å². The first-order valence-corrected chi connectivity index (χ1v) is 16.1. The first kappa shape index (κ1) is 40.0. The Kier molecular flexibility index (Phi) is 15.1. The zero-order valence-electron chi connectivity index (χ0n) is 27.9. The molecule has 0 aliphatic carbocycles. The fourth-order valence-electron chi connectivity index (χ4n) is 5.05. The Morgan fingerprint density at radius 3 is 1.71 bits per heavy atom. The van der Waals surface area contributed by atoms with Crippen LogP contribution in [0, 0.1) is 5.82 Å². The van der Waals surface area contributed by atoms with Crippen molar-refractivity contribution in [1.82, 2.24) is 0 Å². The summed E-state index contributed by atoms with van der Waals surface area (Å²) in [7, 11) is 0. The van der Waals surface area contributed by atoms with Crippen LogP contribution in [0.25, 0.3) is 0 Å². The SMILES string of the molecule is NCCOCCOCCOCCOCCOCCOC1c2c(O)cc(O)cc2OC(c2cc(O)c(O)c(O)c2)C1OC(=O)c1cc(O)c(O)c(F)c1. The van der Waals surface area contributed by atoms with Crippen LogP contribution in [0.3, 0.4) is 0 Å². The maximum atomic E-state index is 14.2. The lowest BCUT2D eigenvalue weighted by Gasteiger charge is -2.39. The van der Waals surface area contributed by atoms with Crippen LogP contribution in [0.5, 0.6) is 46.0 Å². The van der Waals surface area contributed by atoms with E-state index in [1.165, 1.54) is 0 Å². The molecular weight excluding hydrogens is 697 g/mol. The third-order valence-electron chi connectivity index (χ3n) is 7.46. The molecule has 0 saturated heterocycles. The van der Waals surface area contributed by atoms with Crippen molar-refractivity contribution in [2.24, 2.45) is 5.73 Å². The van der Waals surface area contributed by atoms with Gasteiger partial charge in [-0.1, -0.05) is 0 Å². The summed E-state index contributed by atoms with van der Waals surface area (Å²) in [6.45, 7) is 3.51. The minimum Gasteiger partial charge on any atom is -0.508 e.